The number of hydrogen-bond donors (Lipinski definition) is 1. The monoisotopic (exact) mass is 495 g/mol. The molecule has 2 saturated heterocycles. The summed E-state index contributed by atoms with van der Waals surface area (Å²) in [5.41, 5.74) is 2.38. The lowest BCUT2D eigenvalue weighted by atomic mass is 9.93. The largest absolute Gasteiger partial charge is 0.490 e. The Morgan fingerprint density at radius 3 is 2.43 bits per heavy atom. The number of likely N-dealkylation sites (tertiary alicyclic amines) is 2. The first kappa shape index (κ1) is 25.5. The Kier molecular flexibility index (Phi) is 8.67. The van der Waals surface area contributed by atoms with Crippen molar-refractivity contribution in [3.05, 3.63) is 64.2 Å². The normalized spacial score (nSPS) is 19.2. The van der Waals surface area contributed by atoms with Gasteiger partial charge in [0, 0.05) is 25.2 Å². The number of hydrogen-bond acceptors (Lipinski definition) is 5. The summed E-state index contributed by atoms with van der Waals surface area (Å²) in [6.07, 6.45) is 4.72. The van der Waals surface area contributed by atoms with Gasteiger partial charge in [-0.3, -0.25) is 9.69 Å². The minimum atomic E-state index is -0.729. The summed E-state index contributed by atoms with van der Waals surface area (Å²) < 4.78 is 6.23. The third-order valence-corrected chi connectivity index (χ3v) is 7.94. The molecule has 0 aliphatic carbocycles. The molecule has 2 fully saturated rings. The van der Waals surface area contributed by atoms with Crippen molar-refractivity contribution in [1.29, 1.82) is 5.26 Å². The van der Waals surface area contributed by atoms with Gasteiger partial charge >= 0.3 is 5.97 Å². The van der Waals surface area contributed by atoms with Crippen molar-refractivity contribution < 1.29 is 14.6 Å². The van der Waals surface area contributed by atoms with E-state index in [0.29, 0.717) is 22.9 Å². The van der Waals surface area contributed by atoms with Crippen LogP contribution in [0.2, 0.25) is 5.02 Å². The number of nitrogens with zero attached hydrogens (tertiary/aromatic N) is 3. The molecule has 186 valence electrons. The van der Waals surface area contributed by atoms with Crippen LogP contribution in [0.25, 0.3) is 0 Å². The molecule has 4 rings (SSSR count). The Hall–Kier alpha value is -2.59. The first-order valence-corrected chi connectivity index (χ1v) is 12.9. The van der Waals surface area contributed by atoms with Gasteiger partial charge in [0.2, 0.25) is 0 Å². The fourth-order valence-corrected chi connectivity index (χ4v) is 5.49. The van der Waals surface area contributed by atoms with Crippen molar-refractivity contribution in [2.75, 3.05) is 32.7 Å². The molecule has 0 radical (unpaired) electrons. The number of piperidine rings is 2. The van der Waals surface area contributed by atoms with Crippen LogP contribution in [-0.2, 0) is 11.2 Å². The van der Waals surface area contributed by atoms with Gasteiger partial charge in [0.05, 0.1) is 10.6 Å². The maximum absolute atomic E-state index is 12.0. The smallest absolute Gasteiger partial charge is 0.321 e. The van der Waals surface area contributed by atoms with Crippen LogP contribution < -0.4 is 4.74 Å². The maximum Gasteiger partial charge on any atom is 0.321 e. The van der Waals surface area contributed by atoms with Gasteiger partial charge in [0.1, 0.15) is 24.0 Å². The zero-order valence-electron chi connectivity index (χ0n) is 20.3. The molecule has 0 amide bonds. The molecule has 7 heteroatoms. The third kappa shape index (κ3) is 6.55. The van der Waals surface area contributed by atoms with Gasteiger partial charge in [-0.1, -0.05) is 41.9 Å². The first-order chi connectivity index (χ1) is 16.9. The highest BCUT2D eigenvalue weighted by atomic mass is 35.5. The molecule has 0 aromatic heterocycles. The van der Waals surface area contributed by atoms with E-state index in [1.165, 1.54) is 0 Å². The van der Waals surface area contributed by atoms with E-state index in [2.05, 4.69) is 15.9 Å². The molecular weight excluding hydrogens is 462 g/mol. The van der Waals surface area contributed by atoms with E-state index < -0.39 is 12.0 Å². The van der Waals surface area contributed by atoms with Crippen molar-refractivity contribution in [1.82, 2.24) is 9.80 Å². The van der Waals surface area contributed by atoms with Crippen LogP contribution in [0.15, 0.2) is 42.5 Å². The number of halogens is 1. The predicted octanol–water partition coefficient (Wildman–Crippen LogP) is 4.77. The average molecular weight is 496 g/mol. The second kappa shape index (κ2) is 11.9. The molecule has 2 aliphatic rings. The summed E-state index contributed by atoms with van der Waals surface area (Å²) in [5, 5.41) is 19.4. The van der Waals surface area contributed by atoms with E-state index in [4.69, 9.17) is 21.6 Å². The molecule has 1 atom stereocenters. The molecule has 0 saturated carbocycles. The van der Waals surface area contributed by atoms with Crippen LogP contribution in [0, 0.1) is 24.2 Å². The van der Waals surface area contributed by atoms with E-state index in [1.807, 2.05) is 43.3 Å². The fourth-order valence-electron chi connectivity index (χ4n) is 5.29. The number of ether oxygens (including phenoxy) is 1. The Balaban J connectivity index is 1.22. The molecule has 2 aliphatic heterocycles. The lowest BCUT2D eigenvalue weighted by Crippen LogP contribution is -2.48. The minimum absolute atomic E-state index is 0.158. The minimum Gasteiger partial charge on any atom is -0.490 e. The van der Waals surface area contributed by atoms with Crippen molar-refractivity contribution in [2.45, 2.75) is 51.2 Å². The molecule has 0 bridgehead atoms. The number of aliphatic carboxylic acids is 1. The number of nitriles is 1. The van der Waals surface area contributed by atoms with Gasteiger partial charge < -0.3 is 14.7 Å². The SMILES string of the molecule is Cc1c(OC2CCN(CC3CCN([C@@H](Cc4ccccc4)C(=O)O)CC3)CC2)ccc(C#N)c1Cl. The van der Waals surface area contributed by atoms with Crippen LogP contribution in [0.5, 0.6) is 5.75 Å². The van der Waals surface area contributed by atoms with Gasteiger partial charge in [-0.25, -0.2) is 0 Å². The lowest BCUT2D eigenvalue weighted by molar-refractivity contribution is -0.144. The van der Waals surface area contributed by atoms with Gasteiger partial charge in [0.15, 0.2) is 0 Å². The van der Waals surface area contributed by atoms with Crippen LogP contribution in [0.1, 0.15) is 42.4 Å². The van der Waals surface area contributed by atoms with E-state index in [9.17, 15) is 9.90 Å². The second-order valence-electron chi connectivity index (χ2n) is 9.80. The zero-order valence-corrected chi connectivity index (χ0v) is 21.1. The van der Waals surface area contributed by atoms with E-state index in [-0.39, 0.29) is 6.10 Å². The van der Waals surface area contributed by atoms with Gasteiger partial charge in [-0.15, -0.1) is 0 Å². The number of rotatable bonds is 8. The van der Waals surface area contributed by atoms with Crippen molar-refractivity contribution in [2.24, 2.45) is 5.92 Å². The number of carbonyl (C=O) groups is 1. The fraction of sp³-hybridized carbons (Fsp3) is 0.500. The molecule has 6 nitrogen and oxygen atoms in total. The van der Waals surface area contributed by atoms with E-state index in [0.717, 1.165) is 75.3 Å². The van der Waals surface area contributed by atoms with Crippen LogP contribution in [-0.4, -0.2) is 65.7 Å². The Bertz CT molecular complexity index is 1040. The number of carboxylic acid groups (broad SMARTS) is 1. The molecule has 35 heavy (non-hydrogen) atoms. The lowest BCUT2D eigenvalue weighted by Gasteiger charge is -2.39. The highest BCUT2D eigenvalue weighted by molar-refractivity contribution is 6.32. The average Bonchev–Trinajstić information content (AvgIpc) is 2.88. The van der Waals surface area contributed by atoms with Gasteiger partial charge in [-0.05, 0) is 75.7 Å². The van der Waals surface area contributed by atoms with Gasteiger partial charge in [0.25, 0.3) is 0 Å². The van der Waals surface area contributed by atoms with E-state index >= 15 is 0 Å². The number of benzene rings is 2. The number of carboxylic acids is 1. The summed E-state index contributed by atoms with van der Waals surface area (Å²) in [5.74, 6) is 0.644. The standard InChI is InChI=1S/C28H34ClN3O3/c1-20-26(8-7-23(18-30)27(20)29)35-24-11-13-31(14-12-24)19-22-9-15-32(16-10-22)25(28(33)34)17-21-5-3-2-4-6-21/h2-8,22,24-25H,9-17,19H2,1H3,(H,33,34)/t25-/m0/s1. The molecule has 2 aromatic rings. The Labute approximate surface area is 213 Å². The van der Waals surface area contributed by atoms with Crippen molar-refractivity contribution in [3.63, 3.8) is 0 Å². The first-order valence-electron chi connectivity index (χ1n) is 12.5. The summed E-state index contributed by atoms with van der Waals surface area (Å²) in [6.45, 7) is 6.65. The Morgan fingerprint density at radius 1 is 1.11 bits per heavy atom. The summed E-state index contributed by atoms with van der Waals surface area (Å²) in [7, 11) is 0. The van der Waals surface area contributed by atoms with Crippen molar-refractivity contribution in [3.8, 4) is 11.8 Å². The highest BCUT2D eigenvalue weighted by Gasteiger charge is 2.31. The van der Waals surface area contributed by atoms with Crippen LogP contribution in [0.3, 0.4) is 0 Å². The molecular formula is C28H34ClN3O3. The second-order valence-corrected chi connectivity index (χ2v) is 10.2. The Morgan fingerprint density at radius 2 is 1.80 bits per heavy atom. The molecule has 1 N–H and O–H groups in total. The third-order valence-electron chi connectivity index (χ3n) is 7.45. The summed E-state index contributed by atoms with van der Waals surface area (Å²) in [6, 6.07) is 15.1. The molecule has 2 aromatic carbocycles. The maximum atomic E-state index is 12.0. The van der Waals surface area contributed by atoms with Crippen LogP contribution in [0.4, 0.5) is 0 Å². The zero-order chi connectivity index (χ0) is 24.8. The molecule has 0 spiro atoms. The topological polar surface area (TPSA) is 76.8 Å². The quantitative estimate of drug-likeness (QED) is 0.568. The molecule has 0 unspecified atom stereocenters. The highest BCUT2D eigenvalue weighted by Crippen LogP contribution is 2.31. The molecule has 2 heterocycles. The van der Waals surface area contributed by atoms with E-state index in [1.54, 1.807) is 6.07 Å². The van der Waals surface area contributed by atoms with Crippen molar-refractivity contribution >= 4 is 17.6 Å². The van der Waals surface area contributed by atoms with Gasteiger partial charge in [-0.2, -0.15) is 5.26 Å². The van der Waals surface area contributed by atoms with Crippen LogP contribution >= 0.6 is 11.6 Å². The predicted molar refractivity (Wildman–Crippen MR) is 137 cm³/mol. The summed E-state index contributed by atoms with van der Waals surface area (Å²) in [4.78, 5) is 16.6. The summed E-state index contributed by atoms with van der Waals surface area (Å²) >= 11 is 6.29.